The van der Waals surface area contributed by atoms with Gasteiger partial charge in [-0.3, -0.25) is 9.69 Å². The smallest absolute Gasteiger partial charge is 0.317 e. The van der Waals surface area contributed by atoms with Gasteiger partial charge in [0.25, 0.3) is 0 Å². The number of ether oxygens (including phenoxy) is 1. The number of fused-ring (bicyclic) bond motifs is 1. The number of carbonyl (C=O) groups is 1. The van der Waals surface area contributed by atoms with Crippen molar-refractivity contribution in [1.82, 2.24) is 9.88 Å². The van der Waals surface area contributed by atoms with Gasteiger partial charge in [0.05, 0.1) is 29.9 Å². The Morgan fingerprint density at radius 3 is 2.51 bits per heavy atom. The molecule has 0 saturated heterocycles. The number of hydrogen-bond donors (Lipinski definition) is 1. The van der Waals surface area contributed by atoms with Gasteiger partial charge in [-0.1, -0.05) is 42.5 Å². The van der Waals surface area contributed by atoms with Crippen LogP contribution in [0.5, 0.6) is 5.75 Å². The number of carboxylic acid groups (broad SMARTS) is 1. The molecule has 0 bridgehead atoms. The quantitative estimate of drug-likeness (QED) is 0.367. The molecule has 0 spiro atoms. The van der Waals surface area contributed by atoms with Crippen molar-refractivity contribution in [1.29, 1.82) is 5.26 Å². The fourth-order valence-corrected chi connectivity index (χ4v) is 4.15. The number of nitriles is 1. The summed E-state index contributed by atoms with van der Waals surface area (Å²) in [7, 11) is 1.64. The van der Waals surface area contributed by atoms with Crippen LogP contribution in [0, 0.1) is 17.1 Å². The lowest BCUT2D eigenvalue weighted by Gasteiger charge is -2.19. The predicted octanol–water partition coefficient (Wildman–Crippen LogP) is 5.49. The number of halogens is 1. The highest BCUT2D eigenvalue weighted by Crippen LogP contribution is 2.34. The molecule has 0 fully saturated rings. The van der Waals surface area contributed by atoms with Crippen molar-refractivity contribution in [3.63, 3.8) is 0 Å². The molecule has 0 aliphatic heterocycles. The predicted molar refractivity (Wildman–Crippen MR) is 132 cm³/mol. The highest BCUT2D eigenvalue weighted by molar-refractivity contribution is 5.89. The summed E-state index contributed by atoms with van der Waals surface area (Å²) < 4.78 is 19.8. The SMILES string of the molecule is CCOc1ccccc1-c1ccc(-c2nc3ccc(F)cc3c(CN(C)CC(=O)O)c2C#N)cc1. The summed E-state index contributed by atoms with van der Waals surface area (Å²) in [5.74, 6) is -0.649. The molecule has 0 unspecified atom stereocenters. The molecule has 0 radical (unpaired) electrons. The third-order valence-electron chi connectivity index (χ3n) is 5.66. The molecule has 6 nitrogen and oxygen atoms in total. The second-order valence-electron chi connectivity index (χ2n) is 8.16. The standard InChI is InChI=1S/C28H24FN3O3/c1-3-35-26-7-5-4-6-21(26)18-8-10-19(11-9-18)28-23(15-30)24(16-32(2)17-27(33)34)22-14-20(29)12-13-25(22)31-28/h4-14H,3,16-17H2,1-2H3,(H,33,34). The van der Waals surface area contributed by atoms with Crippen LogP contribution < -0.4 is 4.74 Å². The second-order valence-corrected chi connectivity index (χ2v) is 8.16. The molecule has 4 rings (SSSR count). The van der Waals surface area contributed by atoms with Gasteiger partial charge in [-0.15, -0.1) is 0 Å². The number of rotatable bonds is 8. The summed E-state index contributed by atoms with van der Waals surface area (Å²) in [5.41, 5.74) is 4.48. The topological polar surface area (TPSA) is 86.4 Å². The first-order valence-corrected chi connectivity index (χ1v) is 11.2. The Labute approximate surface area is 202 Å². The number of likely N-dealkylation sites (N-methyl/N-ethyl adjacent to an activating group) is 1. The number of hydrogen-bond acceptors (Lipinski definition) is 5. The Hall–Kier alpha value is -4.28. The lowest BCUT2D eigenvalue weighted by molar-refractivity contribution is -0.138. The van der Waals surface area contributed by atoms with Gasteiger partial charge >= 0.3 is 5.97 Å². The van der Waals surface area contributed by atoms with E-state index in [1.54, 1.807) is 18.0 Å². The Balaban J connectivity index is 1.83. The van der Waals surface area contributed by atoms with Crippen molar-refractivity contribution in [2.24, 2.45) is 0 Å². The van der Waals surface area contributed by atoms with E-state index in [2.05, 4.69) is 11.1 Å². The minimum atomic E-state index is -0.987. The van der Waals surface area contributed by atoms with E-state index in [1.165, 1.54) is 12.1 Å². The zero-order valence-corrected chi connectivity index (χ0v) is 19.5. The minimum absolute atomic E-state index is 0.157. The Bertz CT molecular complexity index is 1430. The van der Waals surface area contributed by atoms with Gasteiger partial charge in [-0.25, -0.2) is 9.37 Å². The number of carboxylic acids is 1. The van der Waals surface area contributed by atoms with Crippen LogP contribution in [-0.2, 0) is 11.3 Å². The molecule has 0 aliphatic carbocycles. The summed E-state index contributed by atoms with van der Waals surface area (Å²) in [6, 6.07) is 21.9. The van der Waals surface area contributed by atoms with Crippen LogP contribution in [-0.4, -0.2) is 41.2 Å². The third kappa shape index (κ3) is 5.13. The number of para-hydroxylation sites is 1. The van der Waals surface area contributed by atoms with Gasteiger partial charge in [-0.2, -0.15) is 5.26 Å². The van der Waals surface area contributed by atoms with Crippen LogP contribution in [0.1, 0.15) is 18.1 Å². The van der Waals surface area contributed by atoms with Crippen LogP contribution in [0.15, 0.2) is 66.7 Å². The maximum atomic E-state index is 14.1. The molecule has 0 aliphatic rings. The zero-order valence-electron chi connectivity index (χ0n) is 19.5. The molecular formula is C28H24FN3O3. The van der Waals surface area contributed by atoms with E-state index in [0.717, 1.165) is 22.4 Å². The number of aromatic nitrogens is 1. The molecule has 176 valence electrons. The molecule has 0 amide bonds. The van der Waals surface area contributed by atoms with Gasteiger partial charge in [-0.05, 0) is 49.4 Å². The highest BCUT2D eigenvalue weighted by Gasteiger charge is 2.19. The van der Waals surface area contributed by atoms with E-state index in [9.17, 15) is 14.4 Å². The summed E-state index contributed by atoms with van der Waals surface area (Å²) in [5, 5.41) is 19.7. The molecular weight excluding hydrogens is 445 g/mol. The molecule has 1 heterocycles. The first kappa shape index (κ1) is 23.9. The summed E-state index contributed by atoms with van der Waals surface area (Å²) in [4.78, 5) is 17.4. The minimum Gasteiger partial charge on any atom is -0.493 e. The fourth-order valence-electron chi connectivity index (χ4n) is 4.15. The maximum Gasteiger partial charge on any atom is 0.317 e. The van der Waals surface area contributed by atoms with Crippen molar-refractivity contribution in [2.75, 3.05) is 20.2 Å². The third-order valence-corrected chi connectivity index (χ3v) is 5.66. The Kier molecular flexibility index (Phi) is 7.04. The van der Waals surface area contributed by atoms with E-state index < -0.39 is 11.8 Å². The molecule has 3 aromatic carbocycles. The average molecular weight is 470 g/mol. The van der Waals surface area contributed by atoms with E-state index in [1.807, 2.05) is 55.5 Å². The van der Waals surface area contributed by atoms with E-state index in [-0.39, 0.29) is 13.1 Å². The van der Waals surface area contributed by atoms with E-state index in [4.69, 9.17) is 9.84 Å². The number of benzene rings is 3. The molecule has 1 aromatic heterocycles. The second kappa shape index (κ2) is 10.3. The van der Waals surface area contributed by atoms with Crippen LogP contribution in [0.25, 0.3) is 33.3 Å². The highest BCUT2D eigenvalue weighted by atomic mass is 19.1. The lowest BCUT2D eigenvalue weighted by atomic mass is 9.95. The van der Waals surface area contributed by atoms with Gasteiger partial charge in [0, 0.05) is 23.1 Å². The normalized spacial score (nSPS) is 10.9. The van der Waals surface area contributed by atoms with Crippen molar-refractivity contribution in [3.05, 3.63) is 83.7 Å². The van der Waals surface area contributed by atoms with E-state index in [0.29, 0.717) is 34.3 Å². The van der Waals surface area contributed by atoms with Crippen molar-refractivity contribution < 1.29 is 19.0 Å². The van der Waals surface area contributed by atoms with Crippen molar-refractivity contribution >= 4 is 16.9 Å². The van der Waals surface area contributed by atoms with Crippen LogP contribution >= 0.6 is 0 Å². The maximum absolute atomic E-state index is 14.1. The Morgan fingerprint density at radius 2 is 1.83 bits per heavy atom. The van der Waals surface area contributed by atoms with Crippen LogP contribution in [0.4, 0.5) is 4.39 Å². The largest absolute Gasteiger partial charge is 0.493 e. The number of pyridine rings is 1. The zero-order chi connectivity index (χ0) is 24.9. The first-order chi connectivity index (χ1) is 16.9. The molecule has 1 N–H and O–H groups in total. The van der Waals surface area contributed by atoms with Gasteiger partial charge < -0.3 is 9.84 Å². The van der Waals surface area contributed by atoms with E-state index >= 15 is 0 Å². The number of nitrogens with zero attached hydrogens (tertiary/aromatic N) is 3. The van der Waals surface area contributed by atoms with Crippen molar-refractivity contribution in [2.45, 2.75) is 13.5 Å². The molecule has 0 atom stereocenters. The summed E-state index contributed by atoms with van der Waals surface area (Å²) >= 11 is 0. The van der Waals surface area contributed by atoms with Crippen molar-refractivity contribution in [3.8, 4) is 34.2 Å². The Morgan fingerprint density at radius 1 is 1.11 bits per heavy atom. The van der Waals surface area contributed by atoms with Gasteiger partial charge in [0.2, 0.25) is 0 Å². The monoisotopic (exact) mass is 469 g/mol. The average Bonchev–Trinajstić information content (AvgIpc) is 2.84. The molecule has 0 saturated carbocycles. The molecule has 4 aromatic rings. The van der Waals surface area contributed by atoms with Gasteiger partial charge in [0.1, 0.15) is 17.6 Å². The van der Waals surface area contributed by atoms with Crippen LogP contribution in [0.2, 0.25) is 0 Å². The number of aliphatic carboxylic acids is 1. The van der Waals surface area contributed by atoms with Gasteiger partial charge in [0.15, 0.2) is 0 Å². The molecule has 35 heavy (non-hydrogen) atoms. The summed E-state index contributed by atoms with van der Waals surface area (Å²) in [6.07, 6.45) is 0. The summed E-state index contributed by atoms with van der Waals surface area (Å²) in [6.45, 7) is 2.44. The van der Waals surface area contributed by atoms with Crippen LogP contribution in [0.3, 0.4) is 0 Å². The lowest BCUT2D eigenvalue weighted by Crippen LogP contribution is -2.25. The molecule has 7 heteroatoms. The first-order valence-electron chi connectivity index (χ1n) is 11.2. The fraction of sp³-hybridized carbons (Fsp3) is 0.179.